The minimum Gasteiger partial charge on any atom is -0.481 e. The zero-order chi connectivity index (χ0) is 16.8. The van der Waals surface area contributed by atoms with Crippen molar-refractivity contribution < 1.29 is 19.8 Å². The van der Waals surface area contributed by atoms with E-state index in [9.17, 15) is 14.7 Å². The normalized spacial score (nSPS) is 14.7. The number of anilines is 1. The Morgan fingerprint density at radius 3 is 2.83 bits per heavy atom. The van der Waals surface area contributed by atoms with E-state index in [1.54, 1.807) is 0 Å². The van der Waals surface area contributed by atoms with E-state index in [2.05, 4.69) is 17.1 Å². The largest absolute Gasteiger partial charge is 0.481 e. The Kier molecular flexibility index (Phi) is 6.12. The first-order chi connectivity index (χ1) is 11.0. The highest BCUT2D eigenvalue weighted by atomic mass is 16.4. The molecule has 0 saturated carbocycles. The molecule has 23 heavy (non-hydrogen) atoms. The molecule has 1 unspecified atom stereocenters. The summed E-state index contributed by atoms with van der Waals surface area (Å²) in [6, 6.07) is 5.53. The molecule has 1 aliphatic rings. The lowest BCUT2D eigenvalue weighted by Gasteiger charge is -2.22. The predicted octanol–water partition coefficient (Wildman–Crippen LogP) is 1.79. The third-order valence-electron chi connectivity index (χ3n) is 4.04. The number of rotatable bonds is 9. The minimum absolute atomic E-state index is 0.0190. The van der Waals surface area contributed by atoms with Crippen LogP contribution >= 0.6 is 0 Å². The van der Waals surface area contributed by atoms with Gasteiger partial charge in [0, 0.05) is 18.8 Å². The summed E-state index contributed by atoms with van der Waals surface area (Å²) in [5.74, 6) is -0.822. The number of fused-ring (bicyclic) bond motifs is 1. The van der Waals surface area contributed by atoms with Gasteiger partial charge in [-0.2, -0.15) is 0 Å². The maximum Gasteiger partial charge on any atom is 0.304 e. The van der Waals surface area contributed by atoms with Crippen LogP contribution in [0.4, 0.5) is 5.69 Å². The van der Waals surface area contributed by atoms with Crippen LogP contribution < -0.4 is 5.32 Å². The Bertz CT molecular complexity index is 574. The van der Waals surface area contributed by atoms with Gasteiger partial charge in [0.2, 0.25) is 5.91 Å². The van der Waals surface area contributed by atoms with Gasteiger partial charge < -0.3 is 20.4 Å². The van der Waals surface area contributed by atoms with Crippen LogP contribution in [0.2, 0.25) is 0 Å². The number of carbonyl (C=O) groups is 2. The third kappa shape index (κ3) is 5.04. The van der Waals surface area contributed by atoms with Crippen LogP contribution in [-0.4, -0.2) is 46.6 Å². The summed E-state index contributed by atoms with van der Waals surface area (Å²) in [4.78, 5) is 24.1. The Balaban J connectivity index is 1.90. The van der Waals surface area contributed by atoms with E-state index in [0.29, 0.717) is 25.9 Å². The number of carbonyl (C=O) groups excluding carboxylic acids is 1. The van der Waals surface area contributed by atoms with Crippen molar-refractivity contribution in [2.24, 2.45) is 0 Å². The molecule has 0 radical (unpaired) electrons. The second kappa shape index (κ2) is 8.08. The molecule has 1 heterocycles. The van der Waals surface area contributed by atoms with Crippen LogP contribution in [0.15, 0.2) is 18.2 Å². The molecule has 126 valence electrons. The van der Waals surface area contributed by atoms with Gasteiger partial charge in [-0.3, -0.25) is 9.59 Å². The standard InChI is InChI=1S/C17H24N2O4/c1-2-7-19(9-6-17(22)23)8-5-15(20)12-3-4-14-13(10-12)11-16(21)18-14/h3-4,10,15,20H,2,5-9,11H2,1H3,(H,18,21)(H,22,23). The number of aliphatic hydroxyl groups excluding tert-OH is 1. The van der Waals surface area contributed by atoms with Crippen molar-refractivity contribution >= 4 is 17.6 Å². The number of aliphatic carboxylic acids is 1. The van der Waals surface area contributed by atoms with Crippen molar-refractivity contribution in [1.82, 2.24) is 4.90 Å². The zero-order valence-electron chi connectivity index (χ0n) is 13.4. The molecular formula is C17H24N2O4. The Morgan fingerprint density at radius 2 is 2.13 bits per heavy atom. The molecule has 0 saturated heterocycles. The average Bonchev–Trinajstić information content (AvgIpc) is 2.88. The van der Waals surface area contributed by atoms with Gasteiger partial charge in [-0.1, -0.05) is 19.1 Å². The fraction of sp³-hybridized carbons (Fsp3) is 0.529. The highest BCUT2D eigenvalue weighted by Crippen LogP contribution is 2.27. The van der Waals surface area contributed by atoms with Crippen LogP contribution in [0.3, 0.4) is 0 Å². The predicted molar refractivity (Wildman–Crippen MR) is 87.3 cm³/mol. The van der Waals surface area contributed by atoms with Gasteiger partial charge in [0.15, 0.2) is 0 Å². The molecule has 0 bridgehead atoms. The van der Waals surface area contributed by atoms with E-state index in [4.69, 9.17) is 5.11 Å². The number of benzene rings is 1. The lowest BCUT2D eigenvalue weighted by molar-refractivity contribution is -0.137. The molecule has 1 aromatic rings. The topological polar surface area (TPSA) is 89.9 Å². The highest BCUT2D eigenvalue weighted by Gasteiger charge is 2.19. The first-order valence-corrected chi connectivity index (χ1v) is 8.04. The fourth-order valence-electron chi connectivity index (χ4n) is 2.83. The Labute approximate surface area is 136 Å². The third-order valence-corrected chi connectivity index (χ3v) is 4.04. The van der Waals surface area contributed by atoms with E-state index in [0.717, 1.165) is 29.8 Å². The maximum absolute atomic E-state index is 11.4. The molecule has 2 rings (SSSR count). The molecule has 0 spiro atoms. The number of amides is 1. The van der Waals surface area contributed by atoms with Crippen LogP contribution in [0.5, 0.6) is 0 Å². The molecule has 0 aliphatic carbocycles. The van der Waals surface area contributed by atoms with Crippen LogP contribution in [0, 0.1) is 0 Å². The minimum atomic E-state index is -0.803. The Hall–Kier alpha value is -1.92. The highest BCUT2D eigenvalue weighted by molar-refractivity contribution is 5.99. The monoisotopic (exact) mass is 320 g/mol. The van der Waals surface area contributed by atoms with Crippen LogP contribution in [0.25, 0.3) is 0 Å². The lowest BCUT2D eigenvalue weighted by Crippen LogP contribution is -2.29. The fourth-order valence-corrected chi connectivity index (χ4v) is 2.83. The van der Waals surface area contributed by atoms with E-state index in [1.807, 2.05) is 18.2 Å². The summed E-state index contributed by atoms with van der Waals surface area (Å²) in [6.45, 7) is 4.02. The summed E-state index contributed by atoms with van der Waals surface area (Å²) >= 11 is 0. The van der Waals surface area contributed by atoms with Gasteiger partial charge in [0.25, 0.3) is 0 Å². The van der Waals surface area contributed by atoms with Crippen molar-refractivity contribution in [3.63, 3.8) is 0 Å². The molecular weight excluding hydrogens is 296 g/mol. The molecule has 6 heteroatoms. The molecule has 1 aliphatic heterocycles. The summed E-state index contributed by atoms with van der Waals surface area (Å²) in [5, 5.41) is 21.9. The first-order valence-electron chi connectivity index (χ1n) is 8.04. The van der Waals surface area contributed by atoms with Crippen molar-refractivity contribution in [3.8, 4) is 0 Å². The molecule has 6 nitrogen and oxygen atoms in total. The average molecular weight is 320 g/mol. The molecule has 1 amide bonds. The number of nitrogens with one attached hydrogen (secondary N) is 1. The summed E-state index contributed by atoms with van der Waals surface area (Å²) in [7, 11) is 0. The van der Waals surface area contributed by atoms with Gasteiger partial charge in [0.05, 0.1) is 18.9 Å². The number of hydrogen-bond acceptors (Lipinski definition) is 4. The van der Waals surface area contributed by atoms with E-state index >= 15 is 0 Å². The molecule has 0 fully saturated rings. The quantitative estimate of drug-likeness (QED) is 0.645. The van der Waals surface area contributed by atoms with Crippen LogP contribution in [0.1, 0.15) is 43.4 Å². The van der Waals surface area contributed by atoms with Crippen molar-refractivity contribution in [2.75, 3.05) is 25.0 Å². The Morgan fingerprint density at radius 1 is 1.35 bits per heavy atom. The SMILES string of the molecule is CCCN(CCC(=O)O)CCC(O)c1ccc2c(c1)CC(=O)N2. The number of nitrogens with zero attached hydrogens (tertiary/aromatic N) is 1. The van der Waals surface area contributed by atoms with Gasteiger partial charge in [0.1, 0.15) is 0 Å². The van der Waals surface area contributed by atoms with Crippen molar-refractivity contribution in [1.29, 1.82) is 0 Å². The van der Waals surface area contributed by atoms with Crippen molar-refractivity contribution in [3.05, 3.63) is 29.3 Å². The molecule has 3 N–H and O–H groups in total. The van der Waals surface area contributed by atoms with E-state index < -0.39 is 12.1 Å². The number of hydrogen-bond donors (Lipinski definition) is 3. The maximum atomic E-state index is 11.4. The first kappa shape index (κ1) is 17.4. The van der Waals surface area contributed by atoms with Crippen molar-refractivity contribution in [2.45, 2.75) is 38.7 Å². The van der Waals surface area contributed by atoms with Gasteiger partial charge in [-0.05, 0) is 36.6 Å². The van der Waals surface area contributed by atoms with Gasteiger partial charge >= 0.3 is 5.97 Å². The van der Waals surface area contributed by atoms with Gasteiger partial charge in [-0.25, -0.2) is 0 Å². The smallest absolute Gasteiger partial charge is 0.304 e. The van der Waals surface area contributed by atoms with E-state index in [-0.39, 0.29) is 12.3 Å². The molecule has 1 atom stereocenters. The summed E-state index contributed by atoms with van der Waals surface area (Å²) in [6.07, 6.45) is 1.35. The lowest BCUT2D eigenvalue weighted by atomic mass is 10.0. The van der Waals surface area contributed by atoms with Gasteiger partial charge in [-0.15, -0.1) is 0 Å². The summed E-state index contributed by atoms with van der Waals surface area (Å²) in [5.41, 5.74) is 2.54. The second-order valence-electron chi connectivity index (χ2n) is 5.93. The number of carboxylic acids is 1. The molecule has 0 aromatic heterocycles. The summed E-state index contributed by atoms with van der Waals surface area (Å²) < 4.78 is 0. The van der Waals surface area contributed by atoms with Crippen LogP contribution in [-0.2, 0) is 16.0 Å². The second-order valence-corrected chi connectivity index (χ2v) is 5.93. The van der Waals surface area contributed by atoms with E-state index in [1.165, 1.54) is 0 Å². The zero-order valence-corrected chi connectivity index (χ0v) is 13.4. The number of carboxylic acid groups (broad SMARTS) is 1. The molecule has 1 aromatic carbocycles. The number of aliphatic hydroxyl groups is 1.